The maximum atomic E-state index is 4.73. The third-order valence-corrected chi connectivity index (χ3v) is 4.91. The first-order valence-corrected chi connectivity index (χ1v) is 10.8. The first-order valence-electron chi connectivity index (χ1n) is 10.8. The van der Waals surface area contributed by atoms with Crippen LogP contribution in [0, 0.1) is 12.8 Å². The summed E-state index contributed by atoms with van der Waals surface area (Å²) in [4.78, 5) is 4.73. The van der Waals surface area contributed by atoms with Gasteiger partial charge in [0.15, 0.2) is 6.21 Å². The number of amidine groups is 1. The average molecular weight is 433 g/mol. The van der Waals surface area contributed by atoms with Gasteiger partial charge in [0.1, 0.15) is 12.7 Å². The molecule has 0 aliphatic carbocycles. The maximum Gasteiger partial charge on any atom is 0.300 e. The zero-order chi connectivity index (χ0) is 23.4. The van der Waals surface area contributed by atoms with Gasteiger partial charge < -0.3 is 5.32 Å². The van der Waals surface area contributed by atoms with Gasteiger partial charge in [0.05, 0.1) is 12.2 Å². The van der Waals surface area contributed by atoms with E-state index in [-0.39, 0.29) is 12.1 Å². The molecule has 0 fully saturated rings. The predicted molar refractivity (Wildman–Crippen MR) is 137 cm³/mol. The molecule has 1 heterocycles. The molecule has 168 valence electrons. The second kappa shape index (κ2) is 12.3. The van der Waals surface area contributed by atoms with Crippen molar-refractivity contribution in [2.45, 2.75) is 39.8 Å². The number of nitrogens with one attached hydrogen (secondary N) is 2. The van der Waals surface area contributed by atoms with E-state index in [1.54, 1.807) is 0 Å². The molecule has 2 aromatic carbocycles. The Kier molecular flexibility index (Phi) is 9.45. The van der Waals surface area contributed by atoms with E-state index in [0.717, 1.165) is 17.2 Å². The number of hydrogen-bond donors (Lipinski definition) is 2. The van der Waals surface area contributed by atoms with E-state index in [4.69, 9.17) is 4.99 Å². The van der Waals surface area contributed by atoms with Crippen LogP contribution >= 0.6 is 0 Å². The van der Waals surface area contributed by atoms with Crippen LogP contribution in [0.5, 0.6) is 0 Å². The lowest BCUT2D eigenvalue weighted by atomic mass is 10.3. The molecule has 0 radical (unpaired) electrons. The second-order valence-electron chi connectivity index (χ2n) is 7.73. The van der Waals surface area contributed by atoms with Crippen molar-refractivity contribution < 1.29 is 4.70 Å². The van der Waals surface area contributed by atoms with Crippen molar-refractivity contribution in [2.24, 2.45) is 15.2 Å². The van der Waals surface area contributed by atoms with Crippen molar-refractivity contribution in [1.82, 2.24) is 5.01 Å². The molecule has 1 unspecified atom stereocenters. The highest BCUT2D eigenvalue weighted by Crippen LogP contribution is 2.24. The van der Waals surface area contributed by atoms with Crippen LogP contribution in [-0.2, 0) is 0 Å². The number of rotatable bonds is 10. The number of terminal acetylenes is 1. The van der Waals surface area contributed by atoms with Crippen LogP contribution < -0.4 is 10.7 Å². The number of benzene rings is 2. The van der Waals surface area contributed by atoms with Crippen LogP contribution in [-0.4, -0.2) is 53.3 Å². The topological polar surface area (TPSA) is 64.4 Å². The first-order chi connectivity index (χ1) is 15.5. The molecule has 2 N–H and O–H groups in total. The van der Waals surface area contributed by atoms with Crippen LogP contribution in [0.25, 0.3) is 0 Å². The first kappa shape index (κ1) is 24.6. The number of quaternary nitrogens is 1. The highest BCUT2D eigenvalue weighted by atomic mass is 15.9. The standard InChI is InChI=1S/C23H32N7.C2H2/c1-19(2)29(18-25-21-11-7-5-8-12-21)26-16-15-24-23-17-27-30(23,20(3)4)28-22-13-9-6-10-14-22;1-2/h5-14,16-17,19-20,25,28H,15,18H2,1-4H3;1-2H/q+1;/b24-23?,26-16-;. The minimum absolute atomic E-state index is 0.216. The van der Waals surface area contributed by atoms with Crippen LogP contribution in [0.2, 0.25) is 0 Å². The zero-order valence-electron chi connectivity index (χ0n) is 19.4. The van der Waals surface area contributed by atoms with Gasteiger partial charge >= 0.3 is 0 Å². The summed E-state index contributed by atoms with van der Waals surface area (Å²) in [5.41, 5.74) is 5.59. The summed E-state index contributed by atoms with van der Waals surface area (Å²) in [6.45, 7) is 9.65. The molecule has 0 aromatic heterocycles. The molecule has 0 amide bonds. The molecule has 7 heteroatoms. The smallest absolute Gasteiger partial charge is 0.300 e. The van der Waals surface area contributed by atoms with Crippen molar-refractivity contribution in [3.05, 3.63) is 60.7 Å². The fourth-order valence-corrected chi connectivity index (χ4v) is 3.07. The minimum Gasteiger partial charge on any atom is -0.367 e. The molecule has 0 spiro atoms. The predicted octanol–water partition coefficient (Wildman–Crippen LogP) is 4.65. The van der Waals surface area contributed by atoms with Crippen molar-refractivity contribution in [2.75, 3.05) is 24.0 Å². The van der Waals surface area contributed by atoms with Crippen LogP contribution in [0.15, 0.2) is 75.9 Å². The van der Waals surface area contributed by atoms with Crippen LogP contribution in [0.1, 0.15) is 27.7 Å². The highest BCUT2D eigenvalue weighted by molar-refractivity contribution is 6.29. The number of anilines is 2. The Morgan fingerprint density at radius 2 is 1.56 bits per heavy atom. The Labute approximate surface area is 192 Å². The number of hydrogen-bond acceptors (Lipinski definition) is 6. The van der Waals surface area contributed by atoms with Gasteiger partial charge in [-0.2, -0.15) is 5.10 Å². The average Bonchev–Trinajstić information content (AvgIpc) is 2.80. The maximum absolute atomic E-state index is 4.73. The fourth-order valence-electron chi connectivity index (χ4n) is 3.07. The van der Waals surface area contributed by atoms with E-state index in [0.29, 0.717) is 17.9 Å². The lowest BCUT2D eigenvalue weighted by molar-refractivity contribution is -0.855. The van der Waals surface area contributed by atoms with Crippen molar-refractivity contribution in [3.63, 3.8) is 0 Å². The van der Waals surface area contributed by atoms with Gasteiger partial charge in [0, 0.05) is 17.9 Å². The molecule has 0 bridgehead atoms. The Morgan fingerprint density at radius 1 is 0.969 bits per heavy atom. The summed E-state index contributed by atoms with van der Waals surface area (Å²) in [5.74, 6) is 0.902. The molecule has 7 nitrogen and oxygen atoms in total. The van der Waals surface area contributed by atoms with Gasteiger partial charge in [-0.25, -0.2) is 10.4 Å². The quantitative estimate of drug-likeness (QED) is 0.189. The number of aliphatic imine (C=N–C) groups is 1. The normalized spacial score (nSPS) is 18.3. The monoisotopic (exact) mass is 432 g/mol. The van der Waals surface area contributed by atoms with Gasteiger partial charge in [0.2, 0.25) is 0 Å². The zero-order valence-corrected chi connectivity index (χ0v) is 19.4. The number of para-hydroxylation sites is 2. The Hall–Kier alpha value is -3.63. The van der Waals surface area contributed by atoms with E-state index in [1.165, 1.54) is 0 Å². The second-order valence-corrected chi connectivity index (χ2v) is 7.73. The molecule has 3 rings (SSSR count). The summed E-state index contributed by atoms with van der Waals surface area (Å²) < 4.78 is 0.293. The van der Waals surface area contributed by atoms with Gasteiger partial charge in [-0.3, -0.25) is 5.01 Å². The summed E-state index contributed by atoms with van der Waals surface area (Å²) in [6, 6.07) is 20.7. The molecule has 32 heavy (non-hydrogen) atoms. The lowest BCUT2D eigenvalue weighted by Gasteiger charge is -2.38. The lowest BCUT2D eigenvalue weighted by Crippen LogP contribution is -2.63. The molecule has 0 saturated carbocycles. The van der Waals surface area contributed by atoms with Crippen molar-refractivity contribution >= 4 is 29.6 Å². The molecule has 1 aliphatic rings. The molecule has 0 saturated heterocycles. The minimum atomic E-state index is 0.216. The number of hydrazone groups is 1. The fraction of sp³-hybridized carbons (Fsp3) is 0.320. The van der Waals surface area contributed by atoms with Crippen molar-refractivity contribution in [3.8, 4) is 12.8 Å². The third kappa shape index (κ3) is 6.43. The summed E-state index contributed by atoms with van der Waals surface area (Å²) in [5, 5.41) is 14.6. The highest BCUT2D eigenvalue weighted by Gasteiger charge is 2.45. The molecule has 2 aromatic rings. The van der Waals surface area contributed by atoms with Gasteiger partial charge in [-0.05, 0) is 57.1 Å². The summed E-state index contributed by atoms with van der Waals surface area (Å²) in [7, 11) is 0. The van der Waals surface area contributed by atoms with Gasteiger partial charge in [0.25, 0.3) is 5.84 Å². The van der Waals surface area contributed by atoms with E-state index in [1.807, 2.05) is 78.1 Å². The summed E-state index contributed by atoms with van der Waals surface area (Å²) in [6.07, 6.45) is 11.7. The van der Waals surface area contributed by atoms with Crippen molar-refractivity contribution in [1.29, 1.82) is 0 Å². The summed E-state index contributed by atoms with van der Waals surface area (Å²) >= 11 is 0. The molecule has 1 atom stereocenters. The van der Waals surface area contributed by atoms with E-state index in [2.05, 4.69) is 61.5 Å². The number of nitrogens with zero attached hydrogens (tertiary/aromatic N) is 5. The third-order valence-electron chi connectivity index (χ3n) is 4.91. The van der Waals surface area contributed by atoms with E-state index >= 15 is 0 Å². The van der Waals surface area contributed by atoms with Crippen LogP contribution in [0.4, 0.5) is 11.4 Å². The van der Waals surface area contributed by atoms with E-state index in [9.17, 15) is 0 Å². The van der Waals surface area contributed by atoms with Gasteiger partial charge in [-0.15, -0.1) is 12.8 Å². The van der Waals surface area contributed by atoms with Crippen LogP contribution in [0.3, 0.4) is 0 Å². The Bertz CT molecular complexity index is 917. The largest absolute Gasteiger partial charge is 0.367 e. The molecule has 1 aliphatic heterocycles. The Morgan fingerprint density at radius 3 is 2.06 bits per heavy atom. The van der Waals surface area contributed by atoms with E-state index < -0.39 is 0 Å². The Balaban J connectivity index is 0.00000176. The SMILES string of the molecule is C#C.CC(C)N(CNc1ccccc1)/N=C\CN=C1C=N[N+]1(Nc1ccccc1)C(C)C. The molecular formula is C25H34N7+. The van der Waals surface area contributed by atoms with Gasteiger partial charge in [-0.1, -0.05) is 41.1 Å². The molecular weight excluding hydrogens is 398 g/mol.